The van der Waals surface area contributed by atoms with E-state index >= 15 is 0 Å². The molecule has 1 heterocycles. The topological polar surface area (TPSA) is 28.7 Å². The summed E-state index contributed by atoms with van der Waals surface area (Å²) >= 11 is 0. The number of halogens is 1. The van der Waals surface area contributed by atoms with Crippen molar-refractivity contribution in [3.8, 4) is 6.07 Å². The summed E-state index contributed by atoms with van der Waals surface area (Å²) in [6, 6.07) is 9.07. The summed E-state index contributed by atoms with van der Waals surface area (Å²) in [4.78, 5) is 0. The van der Waals surface area contributed by atoms with Crippen molar-refractivity contribution in [2.45, 2.75) is 33.2 Å². The summed E-state index contributed by atoms with van der Waals surface area (Å²) in [5.74, 6) is -0.203. The van der Waals surface area contributed by atoms with Gasteiger partial charge < -0.3 is 4.57 Å². The van der Waals surface area contributed by atoms with E-state index in [0.717, 1.165) is 30.3 Å². The average Bonchev–Trinajstić information content (AvgIpc) is 2.71. The molecule has 0 saturated carbocycles. The van der Waals surface area contributed by atoms with Crippen LogP contribution in [0.15, 0.2) is 30.5 Å². The van der Waals surface area contributed by atoms with E-state index in [1.165, 1.54) is 6.07 Å². The number of benzene rings is 1. The Hall–Kier alpha value is -1.82. The van der Waals surface area contributed by atoms with Gasteiger partial charge in [-0.1, -0.05) is 0 Å². The van der Waals surface area contributed by atoms with Crippen molar-refractivity contribution >= 4 is 10.9 Å². The highest BCUT2D eigenvalue weighted by atomic mass is 19.1. The number of nitriles is 1. The van der Waals surface area contributed by atoms with E-state index in [1.807, 2.05) is 26.1 Å². The second-order valence-corrected chi connectivity index (χ2v) is 5.31. The molecule has 0 aliphatic rings. The van der Waals surface area contributed by atoms with Crippen LogP contribution in [0.5, 0.6) is 0 Å². The first-order valence-electron chi connectivity index (χ1n) is 6.17. The normalized spacial score (nSPS) is 11.7. The lowest BCUT2D eigenvalue weighted by Gasteiger charge is -2.15. The smallest absolute Gasteiger partial charge is 0.123 e. The zero-order valence-corrected chi connectivity index (χ0v) is 10.8. The van der Waals surface area contributed by atoms with Crippen LogP contribution in [0, 0.1) is 22.6 Å². The van der Waals surface area contributed by atoms with Crippen LogP contribution in [0.4, 0.5) is 4.39 Å². The minimum atomic E-state index is -0.269. The van der Waals surface area contributed by atoms with Gasteiger partial charge in [-0.25, -0.2) is 4.39 Å². The van der Waals surface area contributed by atoms with Gasteiger partial charge in [0.05, 0.1) is 11.5 Å². The largest absolute Gasteiger partial charge is 0.347 e. The molecule has 0 amide bonds. The minimum absolute atomic E-state index is 0.203. The van der Waals surface area contributed by atoms with Crippen molar-refractivity contribution in [2.75, 3.05) is 0 Å². The van der Waals surface area contributed by atoms with Crippen LogP contribution in [-0.2, 0) is 6.54 Å². The van der Waals surface area contributed by atoms with Gasteiger partial charge in [0, 0.05) is 23.6 Å². The molecule has 3 heteroatoms. The SMILES string of the molecule is CC(C)(C#N)CCCn1ccc2cc(F)ccc21. The lowest BCUT2D eigenvalue weighted by atomic mass is 9.90. The fourth-order valence-electron chi connectivity index (χ4n) is 2.11. The van der Waals surface area contributed by atoms with Gasteiger partial charge in [-0.3, -0.25) is 0 Å². The average molecular weight is 244 g/mol. The first kappa shape index (κ1) is 12.6. The second-order valence-electron chi connectivity index (χ2n) is 5.31. The Morgan fingerprint density at radius 1 is 1.33 bits per heavy atom. The standard InChI is InChI=1S/C15H17FN2/c1-15(2,11-17)7-3-8-18-9-6-12-10-13(16)4-5-14(12)18/h4-6,9-10H,3,7-8H2,1-2H3. The Labute approximate surface area is 107 Å². The number of aromatic nitrogens is 1. The highest BCUT2D eigenvalue weighted by Crippen LogP contribution is 2.23. The fraction of sp³-hybridized carbons (Fsp3) is 0.400. The van der Waals surface area contributed by atoms with Crippen LogP contribution in [0.3, 0.4) is 0 Å². The highest BCUT2D eigenvalue weighted by Gasteiger charge is 2.15. The van der Waals surface area contributed by atoms with Gasteiger partial charge >= 0.3 is 0 Å². The molecule has 0 unspecified atom stereocenters. The number of rotatable bonds is 4. The zero-order chi connectivity index (χ0) is 13.2. The van der Waals surface area contributed by atoms with E-state index in [2.05, 4.69) is 10.6 Å². The van der Waals surface area contributed by atoms with Crippen LogP contribution < -0.4 is 0 Å². The quantitative estimate of drug-likeness (QED) is 0.795. The molecule has 2 aromatic rings. The van der Waals surface area contributed by atoms with Crippen LogP contribution in [0.2, 0.25) is 0 Å². The van der Waals surface area contributed by atoms with Gasteiger partial charge in [-0.2, -0.15) is 5.26 Å². The summed E-state index contributed by atoms with van der Waals surface area (Å²) in [5.41, 5.74) is 0.779. The van der Waals surface area contributed by atoms with Crippen LogP contribution >= 0.6 is 0 Å². The van der Waals surface area contributed by atoms with Gasteiger partial charge in [0.25, 0.3) is 0 Å². The minimum Gasteiger partial charge on any atom is -0.347 e. The van der Waals surface area contributed by atoms with Crippen molar-refractivity contribution in [3.63, 3.8) is 0 Å². The number of nitrogens with zero attached hydrogens (tertiary/aromatic N) is 2. The van der Waals surface area contributed by atoms with Crippen molar-refractivity contribution in [2.24, 2.45) is 5.41 Å². The van der Waals surface area contributed by atoms with E-state index in [4.69, 9.17) is 5.26 Å². The van der Waals surface area contributed by atoms with Gasteiger partial charge in [0.15, 0.2) is 0 Å². The van der Waals surface area contributed by atoms with Crippen molar-refractivity contribution in [1.82, 2.24) is 4.57 Å². The number of aryl methyl sites for hydroxylation is 1. The van der Waals surface area contributed by atoms with E-state index in [-0.39, 0.29) is 11.2 Å². The first-order valence-corrected chi connectivity index (χ1v) is 6.17. The van der Waals surface area contributed by atoms with Crippen LogP contribution in [0.25, 0.3) is 10.9 Å². The maximum atomic E-state index is 13.1. The number of fused-ring (bicyclic) bond motifs is 1. The maximum absolute atomic E-state index is 13.1. The lowest BCUT2D eigenvalue weighted by molar-refractivity contribution is 0.418. The number of hydrogen-bond acceptors (Lipinski definition) is 1. The molecule has 0 fully saturated rings. The van der Waals surface area contributed by atoms with Crippen LogP contribution in [-0.4, -0.2) is 4.57 Å². The molecule has 0 saturated heterocycles. The molecule has 0 spiro atoms. The molecule has 0 N–H and O–H groups in total. The molecule has 1 aromatic carbocycles. The summed E-state index contributed by atoms with van der Waals surface area (Å²) in [5, 5.41) is 9.88. The van der Waals surface area contributed by atoms with Crippen molar-refractivity contribution < 1.29 is 4.39 Å². The number of hydrogen-bond donors (Lipinski definition) is 0. The molecule has 2 nitrogen and oxygen atoms in total. The van der Waals surface area contributed by atoms with E-state index in [9.17, 15) is 4.39 Å². The van der Waals surface area contributed by atoms with E-state index < -0.39 is 0 Å². The summed E-state index contributed by atoms with van der Waals surface area (Å²) in [7, 11) is 0. The van der Waals surface area contributed by atoms with Crippen molar-refractivity contribution in [1.29, 1.82) is 5.26 Å². The molecule has 0 radical (unpaired) electrons. The first-order chi connectivity index (χ1) is 8.52. The molecule has 1 aromatic heterocycles. The van der Waals surface area contributed by atoms with Crippen molar-refractivity contribution in [3.05, 3.63) is 36.3 Å². The molecule has 2 rings (SSSR count). The predicted octanol–water partition coefficient (Wildman–Crippen LogP) is 4.11. The predicted molar refractivity (Wildman–Crippen MR) is 70.5 cm³/mol. The fourth-order valence-corrected chi connectivity index (χ4v) is 2.11. The Balaban J connectivity index is 2.07. The van der Waals surface area contributed by atoms with E-state index in [1.54, 1.807) is 12.1 Å². The molecule has 0 atom stereocenters. The lowest BCUT2D eigenvalue weighted by Crippen LogP contribution is -2.09. The van der Waals surface area contributed by atoms with Crippen LogP contribution in [0.1, 0.15) is 26.7 Å². The summed E-state index contributed by atoms with van der Waals surface area (Å²) in [6.07, 6.45) is 3.79. The van der Waals surface area contributed by atoms with Gasteiger partial charge in [0.2, 0.25) is 0 Å². The third kappa shape index (κ3) is 2.70. The van der Waals surface area contributed by atoms with Gasteiger partial charge in [-0.05, 0) is 51.0 Å². The summed E-state index contributed by atoms with van der Waals surface area (Å²) in [6.45, 7) is 4.77. The van der Waals surface area contributed by atoms with Gasteiger partial charge in [-0.15, -0.1) is 0 Å². The molecular formula is C15H17FN2. The third-order valence-electron chi connectivity index (χ3n) is 3.24. The highest BCUT2D eigenvalue weighted by molar-refractivity contribution is 5.80. The molecule has 0 aliphatic heterocycles. The van der Waals surface area contributed by atoms with Gasteiger partial charge in [0.1, 0.15) is 5.82 Å². The van der Waals surface area contributed by atoms with E-state index in [0.29, 0.717) is 0 Å². The molecule has 0 bridgehead atoms. The monoisotopic (exact) mass is 244 g/mol. The maximum Gasteiger partial charge on any atom is 0.123 e. The Morgan fingerprint density at radius 2 is 2.11 bits per heavy atom. The molecular weight excluding hydrogens is 227 g/mol. The Kier molecular flexibility index (Phi) is 3.38. The Morgan fingerprint density at radius 3 is 2.83 bits per heavy atom. The molecule has 0 aliphatic carbocycles. The summed E-state index contributed by atoms with van der Waals surface area (Å²) < 4.78 is 15.2. The Bertz CT molecular complexity index is 590. The second kappa shape index (κ2) is 4.81. The molecule has 18 heavy (non-hydrogen) atoms. The molecule has 94 valence electrons. The third-order valence-corrected chi connectivity index (χ3v) is 3.24. The zero-order valence-electron chi connectivity index (χ0n) is 10.8.